The number of carbonyl (C=O) groups is 8. The summed E-state index contributed by atoms with van der Waals surface area (Å²) in [6.07, 6.45) is -1.11. The van der Waals surface area contributed by atoms with E-state index in [0.717, 1.165) is 6.92 Å². The van der Waals surface area contributed by atoms with Gasteiger partial charge in [-0.3, -0.25) is 33.6 Å². The fourth-order valence-corrected chi connectivity index (χ4v) is 5.05. The Labute approximate surface area is 317 Å². The highest BCUT2D eigenvalue weighted by Gasteiger charge is 2.36. The highest BCUT2D eigenvalue weighted by Crippen LogP contribution is 2.09. The average Bonchev–Trinajstić information content (AvgIpc) is 3.61. The summed E-state index contributed by atoms with van der Waals surface area (Å²) >= 11 is 4.11. The number of aliphatic hydroxyl groups excluding tert-OH is 2. The molecule has 0 bridgehead atoms. The van der Waals surface area contributed by atoms with Gasteiger partial charge in [0, 0.05) is 24.1 Å². The Kier molecular flexibility index (Phi) is 19.6. The predicted molar refractivity (Wildman–Crippen MR) is 193 cm³/mol. The summed E-state index contributed by atoms with van der Waals surface area (Å²) in [5.41, 5.74) is 6.25. The molecule has 0 aliphatic rings. The van der Waals surface area contributed by atoms with Crippen molar-refractivity contribution in [3.8, 4) is 0 Å². The molecule has 0 fully saturated rings. The number of rotatable bonds is 23. The third-order valence-corrected chi connectivity index (χ3v) is 8.72. The second-order valence-electron chi connectivity index (χ2n) is 13.2. The number of hydrogen-bond acceptors (Lipinski definition) is 13. The van der Waals surface area contributed by atoms with Crippen molar-refractivity contribution in [3.05, 3.63) is 18.2 Å². The largest absolute Gasteiger partial charge is 0.481 e. The van der Waals surface area contributed by atoms with E-state index >= 15 is 0 Å². The fraction of sp³-hybridized carbons (Fsp3) is 0.656. The topological polar surface area (TPSA) is 344 Å². The molecule has 1 heterocycles. The maximum absolute atomic E-state index is 13.5. The zero-order valence-electron chi connectivity index (χ0n) is 30.9. The van der Waals surface area contributed by atoms with Gasteiger partial charge in [-0.05, 0) is 25.7 Å². The molecule has 6 amide bonds. The fourth-order valence-electron chi connectivity index (χ4n) is 4.79. The van der Waals surface area contributed by atoms with E-state index in [0.29, 0.717) is 12.1 Å². The second-order valence-corrected chi connectivity index (χ2v) is 13.5. The molecule has 1 aromatic rings. The van der Waals surface area contributed by atoms with Gasteiger partial charge in [0.2, 0.25) is 35.4 Å². The Bertz CT molecular complexity index is 1460. The standard InChI is InChI=1S/C32H53N9O12S/c1-7-14(4)22(33)29(49)40-25(16(6)43)31(51)41-24(15(5)42)30(50)38-20(11-54)28(48)36-18(8-17-10-34-12-35-17)26(46)37-19(9-21(44)45)27(47)39-23(13(2)3)32(52)53/h10,12-16,18-20,22-25,42-43,54H,7-9,11,33H2,1-6H3,(H,34,35)(H,36,48)(H,37,46)(H,38,50)(H,39,47)(H,40,49)(H,41,51)(H,44,45)(H,52,53)/t14-,15+,16+,18-,19-,20-,22-,23-,24-,25-/m0/s1. The van der Waals surface area contributed by atoms with Crippen LogP contribution in [0.2, 0.25) is 0 Å². The summed E-state index contributed by atoms with van der Waals surface area (Å²) in [4.78, 5) is 109. The number of aromatic amines is 1. The van der Waals surface area contributed by atoms with E-state index < -0.39 is 114 Å². The summed E-state index contributed by atoms with van der Waals surface area (Å²) in [7, 11) is 0. The Morgan fingerprint density at radius 2 is 1.19 bits per heavy atom. The number of carboxylic acids is 2. The van der Waals surface area contributed by atoms with Crippen molar-refractivity contribution >= 4 is 60.0 Å². The molecule has 0 saturated heterocycles. The number of aliphatic carboxylic acids is 2. The minimum Gasteiger partial charge on any atom is -0.481 e. The first-order chi connectivity index (χ1) is 25.1. The van der Waals surface area contributed by atoms with Crippen molar-refractivity contribution in [2.45, 2.75) is 115 Å². The molecule has 304 valence electrons. The van der Waals surface area contributed by atoms with Crippen molar-refractivity contribution < 1.29 is 58.8 Å². The van der Waals surface area contributed by atoms with Gasteiger partial charge in [-0.25, -0.2) is 9.78 Å². The molecule has 0 spiro atoms. The van der Waals surface area contributed by atoms with Crippen LogP contribution in [-0.2, 0) is 44.8 Å². The van der Waals surface area contributed by atoms with E-state index in [1.54, 1.807) is 6.92 Å². The average molecular weight is 788 g/mol. The van der Waals surface area contributed by atoms with E-state index in [4.69, 9.17) is 5.73 Å². The maximum atomic E-state index is 13.5. The lowest BCUT2D eigenvalue weighted by Gasteiger charge is -2.29. The van der Waals surface area contributed by atoms with Gasteiger partial charge in [-0.15, -0.1) is 0 Å². The number of nitrogens with one attached hydrogen (secondary N) is 7. The SMILES string of the molecule is CC[C@H](C)[C@H](N)C(=O)N[C@H](C(=O)N[C@H](C(=O)N[C@@H](CS)C(=O)N[C@@H](Cc1cnc[nH]1)C(=O)N[C@@H](CC(=O)O)C(=O)N[C@H](C(=O)O)C(C)C)[C@@H](C)O)[C@@H](C)O. The highest BCUT2D eigenvalue weighted by molar-refractivity contribution is 7.80. The molecule has 10 atom stereocenters. The van der Waals surface area contributed by atoms with Crippen LogP contribution in [0.3, 0.4) is 0 Å². The maximum Gasteiger partial charge on any atom is 0.326 e. The first-order valence-electron chi connectivity index (χ1n) is 17.1. The number of imidazole rings is 1. The molecule has 1 aromatic heterocycles. The smallest absolute Gasteiger partial charge is 0.326 e. The van der Waals surface area contributed by atoms with Crippen molar-refractivity contribution in [3.63, 3.8) is 0 Å². The molecule has 0 unspecified atom stereocenters. The van der Waals surface area contributed by atoms with Crippen LogP contribution in [0.1, 0.15) is 60.1 Å². The van der Waals surface area contributed by atoms with Crippen LogP contribution < -0.4 is 37.6 Å². The van der Waals surface area contributed by atoms with Gasteiger partial charge in [0.05, 0.1) is 31.0 Å². The van der Waals surface area contributed by atoms with Crippen LogP contribution in [0.25, 0.3) is 0 Å². The Morgan fingerprint density at radius 3 is 1.63 bits per heavy atom. The number of nitrogens with zero attached hydrogens (tertiary/aromatic N) is 1. The Balaban J connectivity index is 3.24. The van der Waals surface area contributed by atoms with E-state index in [-0.39, 0.29) is 18.1 Å². The van der Waals surface area contributed by atoms with Crippen molar-refractivity contribution in [1.82, 2.24) is 41.9 Å². The minimum atomic E-state index is -1.77. The third-order valence-electron chi connectivity index (χ3n) is 8.35. The summed E-state index contributed by atoms with van der Waals surface area (Å²) in [6.45, 7) is 8.90. The molecule has 0 radical (unpaired) electrons. The zero-order chi connectivity index (χ0) is 41.4. The summed E-state index contributed by atoms with van der Waals surface area (Å²) < 4.78 is 0. The molecule has 0 aliphatic carbocycles. The van der Waals surface area contributed by atoms with E-state index in [2.05, 4.69) is 54.5 Å². The number of amides is 6. The van der Waals surface area contributed by atoms with Gasteiger partial charge < -0.3 is 63.0 Å². The lowest BCUT2D eigenvalue weighted by molar-refractivity contribution is -0.144. The molecular weight excluding hydrogens is 734 g/mol. The summed E-state index contributed by atoms with van der Waals surface area (Å²) in [5.74, 6) is -10.2. The van der Waals surface area contributed by atoms with Crippen molar-refractivity contribution in [1.29, 1.82) is 0 Å². The van der Waals surface area contributed by atoms with Crippen LogP contribution in [0.4, 0.5) is 0 Å². The first-order valence-corrected chi connectivity index (χ1v) is 17.7. The lowest BCUT2D eigenvalue weighted by atomic mass is 9.98. The molecule has 22 heteroatoms. The van der Waals surface area contributed by atoms with Gasteiger partial charge >= 0.3 is 11.9 Å². The molecule has 0 saturated carbocycles. The number of hydrogen-bond donors (Lipinski definition) is 13. The van der Waals surface area contributed by atoms with Crippen LogP contribution >= 0.6 is 12.6 Å². The van der Waals surface area contributed by atoms with Gasteiger partial charge in [0.25, 0.3) is 0 Å². The molecule has 21 nitrogen and oxygen atoms in total. The van der Waals surface area contributed by atoms with Crippen LogP contribution in [-0.4, -0.2) is 138 Å². The monoisotopic (exact) mass is 787 g/mol. The number of thiol groups is 1. The van der Waals surface area contributed by atoms with Crippen LogP contribution in [0, 0.1) is 11.8 Å². The Morgan fingerprint density at radius 1 is 0.722 bits per heavy atom. The quantitative estimate of drug-likeness (QED) is 0.0473. The molecule has 13 N–H and O–H groups in total. The zero-order valence-corrected chi connectivity index (χ0v) is 31.8. The number of aromatic nitrogens is 2. The van der Waals surface area contributed by atoms with Crippen LogP contribution in [0.5, 0.6) is 0 Å². The molecule has 54 heavy (non-hydrogen) atoms. The van der Waals surface area contributed by atoms with Gasteiger partial charge in [0.15, 0.2) is 0 Å². The van der Waals surface area contributed by atoms with E-state index in [9.17, 15) is 58.8 Å². The lowest BCUT2D eigenvalue weighted by Crippen LogP contribution is -2.63. The predicted octanol–water partition coefficient (Wildman–Crippen LogP) is -3.86. The van der Waals surface area contributed by atoms with Crippen LogP contribution in [0.15, 0.2) is 12.5 Å². The number of aliphatic hydroxyl groups is 2. The highest BCUT2D eigenvalue weighted by atomic mass is 32.1. The van der Waals surface area contributed by atoms with Crippen molar-refractivity contribution in [2.24, 2.45) is 17.6 Å². The van der Waals surface area contributed by atoms with Gasteiger partial charge in [-0.2, -0.15) is 12.6 Å². The number of carboxylic acid groups (broad SMARTS) is 2. The van der Waals surface area contributed by atoms with Gasteiger partial charge in [0.1, 0.15) is 36.3 Å². The third kappa shape index (κ3) is 14.9. The van der Waals surface area contributed by atoms with Gasteiger partial charge in [-0.1, -0.05) is 34.1 Å². The molecule has 0 aromatic carbocycles. The van der Waals surface area contributed by atoms with Crippen molar-refractivity contribution in [2.75, 3.05) is 5.75 Å². The summed E-state index contributed by atoms with van der Waals surface area (Å²) in [5, 5.41) is 53.2. The second kappa shape index (κ2) is 22.4. The Hall–Kier alpha value is -4.80. The normalized spacial score (nSPS) is 16.8. The first kappa shape index (κ1) is 47.2. The molecule has 1 rings (SSSR count). The number of H-pyrrole nitrogens is 1. The number of nitrogens with two attached hydrogens (primary N) is 1. The van der Waals surface area contributed by atoms with E-state index in [1.807, 2.05) is 6.92 Å². The molecule has 0 aliphatic heterocycles. The summed E-state index contributed by atoms with van der Waals surface area (Å²) in [6, 6.07) is -10.6. The molecular formula is C32H53N9O12S. The van der Waals surface area contributed by atoms with E-state index in [1.165, 1.54) is 33.3 Å². The number of carbonyl (C=O) groups excluding carboxylic acids is 6. The minimum absolute atomic E-state index is 0.264.